The first kappa shape index (κ1) is 14.5. The van der Waals surface area contributed by atoms with E-state index < -0.39 is 0 Å². The molecule has 0 aliphatic carbocycles. The fourth-order valence-electron chi connectivity index (χ4n) is 3.91. The number of hydrogen-bond donors (Lipinski definition) is 2. The lowest BCUT2D eigenvalue weighted by molar-refractivity contribution is -0.123. The van der Waals surface area contributed by atoms with E-state index >= 15 is 0 Å². The Balaban J connectivity index is 1.63. The first-order chi connectivity index (χ1) is 10.2. The van der Waals surface area contributed by atoms with Crippen LogP contribution in [0.1, 0.15) is 37.2 Å². The molecule has 3 N–H and O–H groups in total. The largest absolute Gasteiger partial charge is 0.353 e. The van der Waals surface area contributed by atoms with Crippen LogP contribution in [0.15, 0.2) is 30.3 Å². The third-order valence-electron chi connectivity index (χ3n) is 5.20. The summed E-state index contributed by atoms with van der Waals surface area (Å²) in [7, 11) is 2.22. The summed E-state index contributed by atoms with van der Waals surface area (Å²) in [5, 5.41) is 3.24. The number of nitrogens with two attached hydrogens (primary N) is 1. The highest BCUT2D eigenvalue weighted by atomic mass is 16.2. The summed E-state index contributed by atoms with van der Waals surface area (Å²) in [4.78, 5) is 15.0. The van der Waals surface area contributed by atoms with Crippen molar-refractivity contribution in [3.05, 3.63) is 35.9 Å². The molecule has 0 aromatic heterocycles. The van der Waals surface area contributed by atoms with Crippen LogP contribution in [-0.4, -0.2) is 42.5 Å². The molecular formula is C17H25N3O. The van der Waals surface area contributed by atoms with E-state index in [1.165, 1.54) is 12.8 Å². The average Bonchev–Trinajstić information content (AvgIpc) is 2.72. The Morgan fingerprint density at radius 1 is 1.29 bits per heavy atom. The molecule has 2 heterocycles. The minimum Gasteiger partial charge on any atom is -0.353 e. The van der Waals surface area contributed by atoms with Gasteiger partial charge in [-0.3, -0.25) is 4.79 Å². The number of rotatable bonds is 4. The molecule has 1 aromatic carbocycles. The highest BCUT2D eigenvalue weighted by molar-refractivity contribution is 5.84. The standard InChI is InChI=1S/C17H25N3O/c1-20-14-7-8-15(20)10-13(9-14)19-17(21)16(11-18)12-5-3-2-4-6-12/h2-6,13-16H,7-11,18H2,1H3,(H,19,21)/t13-,14-,15+,16?. The van der Waals surface area contributed by atoms with E-state index in [2.05, 4.69) is 17.3 Å². The molecule has 4 atom stereocenters. The predicted molar refractivity (Wildman–Crippen MR) is 84.0 cm³/mol. The number of carbonyl (C=O) groups is 1. The molecule has 1 unspecified atom stereocenters. The highest BCUT2D eigenvalue weighted by Crippen LogP contribution is 2.34. The number of fused-ring (bicyclic) bond motifs is 2. The number of carbonyl (C=O) groups excluding carboxylic acids is 1. The van der Waals surface area contributed by atoms with Crippen LogP contribution in [0.25, 0.3) is 0 Å². The van der Waals surface area contributed by atoms with Crippen molar-refractivity contribution in [2.45, 2.75) is 49.7 Å². The third-order valence-corrected chi connectivity index (χ3v) is 5.20. The Morgan fingerprint density at radius 2 is 1.90 bits per heavy atom. The molecule has 2 bridgehead atoms. The Kier molecular flexibility index (Phi) is 4.27. The second-order valence-electron chi connectivity index (χ2n) is 6.43. The van der Waals surface area contributed by atoms with Gasteiger partial charge in [0.2, 0.25) is 5.91 Å². The molecule has 3 rings (SSSR count). The summed E-state index contributed by atoms with van der Waals surface area (Å²) >= 11 is 0. The molecule has 114 valence electrons. The Hall–Kier alpha value is -1.39. The maximum atomic E-state index is 12.6. The molecule has 1 amide bonds. The summed E-state index contributed by atoms with van der Waals surface area (Å²) in [6, 6.07) is 11.4. The molecule has 21 heavy (non-hydrogen) atoms. The average molecular weight is 287 g/mol. The quantitative estimate of drug-likeness (QED) is 0.881. The fraction of sp³-hybridized carbons (Fsp3) is 0.588. The first-order valence-corrected chi connectivity index (χ1v) is 7.96. The van der Waals surface area contributed by atoms with Crippen molar-refractivity contribution in [1.82, 2.24) is 10.2 Å². The second kappa shape index (κ2) is 6.16. The molecular weight excluding hydrogens is 262 g/mol. The van der Waals surface area contributed by atoms with E-state index in [4.69, 9.17) is 5.73 Å². The number of amides is 1. The number of piperidine rings is 1. The Labute approximate surface area is 126 Å². The lowest BCUT2D eigenvalue weighted by Gasteiger charge is -2.37. The summed E-state index contributed by atoms with van der Waals surface area (Å²) in [6.45, 7) is 0.356. The minimum absolute atomic E-state index is 0.0812. The molecule has 2 fully saturated rings. The van der Waals surface area contributed by atoms with Gasteiger partial charge < -0.3 is 16.0 Å². The molecule has 2 aliphatic rings. The van der Waals surface area contributed by atoms with E-state index in [0.29, 0.717) is 24.7 Å². The van der Waals surface area contributed by atoms with Crippen molar-refractivity contribution < 1.29 is 4.79 Å². The highest BCUT2D eigenvalue weighted by Gasteiger charge is 2.39. The van der Waals surface area contributed by atoms with Gasteiger partial charge in [0.25, 0.3) is 0 Å². The summed E-state index contributed by atoms with van der Waals surface area (Å²) in [5.41, 5.74) is 6.84. The smallest absolute Gasteiger partial charge is 0.229 e. The first-order valence-electron chi connectivity index (χ1n) is 7.96. The van der Waals surface area contributed by atoms with Gasteiger partial charge in [0.05, 0.1) is 5.92 Å². The van der Waals surface area contributed by atoms with Gasteiger partial charge in [-0.15, -0.1) is 0 Å². The van der Waals surface area contributed by atoms with Crippen molar-refractivity contribution in [3.8, 4) is 0 Å². The van der Waals surface area contributed by atoms with Gasteiger partial charge >= 0.3 is 0 Å². The van der Waals surface area contributed by atoms with Crippen LogP contribution in [0.3, 0.4) is 0 Å². The van der Waals surface area contributed by atoms with Crippen molar-refractivity contribution in [1.29, 1.82) is 0 Å². The third kappa shape index (κ3) is 2.97. The molecule has 2 saturated heterocycles. The number of nitrogens with zero attached hydrogens (tertiary/aromatic N) is 1. The zero-order valence-electron chi connectivity index (χ0n) is 12.7. The van der Waals surface area contributed by atoms with E-state index in [0.717, 1.165) is 18.4 Å². The lowest BCUT2D eigenvalue weighted by atomic mass is 9.94. The van der Waals surface area contributed by atoms with E-state index in [1.807, 2.05) is 30.3 Å². The lowest BCUT2D eigenvalue weighted by Crippen LogP contribution is -2.50. The number of hydrogen-bond acceptors (Lipinski definition) is 3. The molecule has 2 aliphatic heterocycles. The van der Waals surface area contributed by atoms with E-state index in [1.54, 1.807) is 0 Å². The number of benzene rings is 1. The van der Waals surface area contributed by atoms with Crippen LogP contribution in [0, 0.1) is 0 Å². The second-order valence-corrected chi connectivity index (χ2v) is 6.43. The van der Waals surface area contributed by atoms with Crippen molar-refractivity contribution in [2.75, 3.05) is 13.6 Å². The SMILES string of the molecule is CN1[C@@H]2CC[C@H]1C[C@H](NC(=O)C(CN)c1ccccc1)C2. The van der Waals surface area contributed by atoms with Crippen molar-refractivity contribution in [3.63, 3.8) is 0 Å². The van der Waals surface area contributed by atoms with Gasteiger partial charge in [0, 0.05) is 24.7 Å². The van der Waals surface area contributed by atoms with Crippen LogP contribution in [0.5, 0.6) is 0 Å². The van der Waals surface area contributed by atoms with E-state index in [9.17, 15) is 4.79 Å². The van der Waals surface area contributed by atoms with Gasteiger partial charge in [-0.05, 0) is 38.3 Å². The van der Waals surface area contributed by atoms with E-state index in [-0.39, 0.29) is 11.8 Å². The topological polar surface area (TPSA) is 58.4 Å². The van der Waals surface area contributed by atoms with Crippen LogP contribution >= 0.6 is 0 Å². The maximum absolute atomic E-state index is 12.6. The number of nitrogens with one attached hydrogen (secondary N) is 1. The van der Waals surface area contributed by atoms with Gasteiger partial charge in [0.1, 0.15) is 0 Å². The maximum Gasteiger partial charge on any atom is 0.229 e. The van der Waals surface area contributed by atoms with Crippen LogP contribution in [0.4, 0.5) is 0 Å². The van der Waals surface area contributed by atoms with Crippen LogP contribution in [-0.2, 0) is 4.79 Å². The molecule has 4 nitrogen and oxygen atoms in total. The summed E-state index contributed by atoms with van der Waals surface area (Å²) in [5.74, 6) is -0.152. The Morgan fingerprint density at radius 3 is 2.48 bits per heavy atom. The van der Waals surface area contributed by atoms with Crippen molar-refractivity contribution in [2.24, 2.45) is 5.73 Å². The summed E-state index contributed by atoms with van der Waals surface area (Å²) in [6.07, 6.45) is 4.69. The molecule has 0 saturated carbocycles. The van der Waals surface area contributed by atoms with Crippen molar-refractivity contribution >= 4 is 5.91 Å². The zero-order valence-corrected chi connectivity index (χ0v) is 12.7. The predicted octanol–water partition coefficient (Wildman–Crippen LogP) is 1.47. The van der Waals surface area contributed by atoms with Crippen LogP contribution < -0.4 is 11.1 Å². The van der Waals surface area contributed by atoms with Gasteiger partial charge in [0.15, 0.2) is 0 Å². The minimum atomic E-state index is -0.233. The van der Waals surface area contributed by atoms with Crippen LogP contribution in [0.2, 0.25) is 0 Å². The molecule has 0 radical (unpaired) electrons. The van der Waals surface area contributed by atoms with Gasteiger partial charge in [-0.1, -0.05) is 30.3 Å². The van der Waals surface area contributed by atoms with Gasteiger partial charge in [-0.25, -0.2) is 0 Å². The van der Waals surface area contributed by atoms with Gasteiger partial charge in [-0.2, -0.15) is 0 Å². The summed E-state index contributed by atoms with van der Waals surface area (Å²) < 4.78 is 0. The fourth-order valence-corrected chi connectivity index (χ4v) is 3.91. The normalized spacial score (nSPS) is 30.1. The zero-order chi connectivity index (χ0) is 14.8. The monoisotopic (exact) mass is 287 g/mol. The molecule has 0 spiro atoms. The molecule has 1 aromatic rings. The Bertz CT molecular complexity index is 476. The molecule has 4 heteroatoms.